The van der Waals surface area contributed by atoms with Crippen LogP contribution in [0.2, 0.25) is 0 Å². The number of aromatic nitrogens is 2. The predicted molar refractivity (Wildman–Crippen MR) is 62.5 cm³/mol. The highest BCUT2D eigenvalue weighted by molar-refractivity contribution is 7.71. The smallest absolute Gasteiger partial charge is 0.314 e. The van der Waals surface area contributed by atoms with Crippen molar-refractivity contribution in [1.82, 2.24) is 15.0 Å². The van der Waals surface area contributed by atoms with Gasteiger partial charge in [0.05, 0.1) is 6.04 Å². The number of aromatic amines is 1. The van der Waals surface area contributed by atoms with E-state index >= 15 is 0 Å². The van der Waals surface area contributed by atoms with Crippen molar-refractivity contribution in [1.29, 1.82) is 0 Å². The van der Waals surface area contributed by atoms with Crippen LogP contribution in [0.1, 0.15) is 37.5 Å². The van der Waals surface area contributed by atoms with E-state index in [-0.39, 0.29) is 0 Å². The number of nitrogens with one attached hydrogen (secondary N) is 1. The van der Waals surface area contributed by atoms with Crippen molar-refractivity contribution < 1.29 is 4.52 Å². The summed E-state index contributed by atoms with van der Waals surface area (Å²) in [5.74, 6) is 2.49. The van der Waals surface area contributed by atoms with Gasteiger partial charge in [-0.25, -0.2) is 5.16 Å². The van der Waals surface area contributed by atoms with E-state index in [2.05, 4.69) is 22.1 Å². The second kappa shape index (κ2) is 3.96. The zero-order valence-electron chi connectivity index (χ0n) is 9.48. The molecule has 2 heterocycles. The molecule has 0 unspecified atom stereocenters. The number of H-pyrrole nitrogens is 1. The Morgan fingerprint density at radius 2 is 2.25 bits per heavy atom. The van der Waals surface area contributed by atoms with E-state index in [0.29, 0.717) is 10.9 Å². The Labute approximate surface area is 100 Å². The van der Waals surface area contributed by atoms with Crippen molar-refractivity contribution in [3.05, 3.63) is 10.7 Å². The average molecular weight is 239 g/mol. The first-order chi connectivity index (χ1) is 7.75. The molecule has 5 heteroatoms. The van der Waals surface area contributed by atoms with Crippen LogP contribution in [0.25, 0.3) is 0 Å². The minimum atomic E-state index is 0.322. The lowest BCUT2D eigenvalue weighted by Crippen LogP contribution is -2.23. The summed E-state index contributed by atoms with van der Waals surface area (Å²) in [6.45, 7) is 1.18. The molecule has 3 atom stereocenters. The molecule has 0 amide bonds. The number of rotatable bonds is 1. The molecular formula is C11H17N3OS. The standard InChI is InChI=1S/C11H17N3OS/c1-14-6-7-4-2-3-5-8(7)9(14)10-12-11(16)15-13-10/h7-9H,2-6H2,1H3,(H,12,13,16)/t7-,8-,9+/m0/s1. The molecular weight excluding hydrogens is 222 g/mol. The van der Waals surface area contributed by atoms with Gasteiger partial charge in [0.15, 0.2) is 5.82 Å². The first-order valence-electron chi connectivity index (χ1n) is 6.01. The summed E-state index contributed by atoms with van der Waals surface area (Å²) in [6, 6.07) is 0.380. The quantitative estimate of drug-likeness (QED) is 0.765. The monoisotopic (exact) mass is 239 g/mol. The summed E-state index contributed by atoms with van der Waals surface area (Å²) in [5, 5.41) is 2.88. The summed E-state index contributed by atoms with van der Waals surface area (Å²) in [7, 11) is 2.18. The maximum Gasteiger partial charge on any atom is 0.314 e. The molecule has 1 saturated heterocycles. The highest BCUT2D eigenvalue weighted by Gasteiger charge is 2.43. The molecule has 1 saturated carbocycles. The van der Waals surface area contributed by atoms with Gasteiger partial charge in [0.1, 0.15) is 0 Å². The molecule has 4 nitrogen and oxygen atoms in total. The maximum atomic E-state index is 5.06. The lowest BCUT2D eigenvalue weighted by Gasteiger charge is -2.27. The summed E-state index contributed by atoms with van der Waals surface area (Å²) in [5.41, 5.74) is 0. The van der Waals surface area contributed by atoms with Crippen molar-refractivity contribution in [3.63, 3.8) is 0 Å². The van der Waals surface area contributed by atoms with E-state index in [0.717, 1.165) is 17.7 Å². The van der Waals surface area contributed by atoms with Crippen molar-refractivity contribution >= 4 is 12.2 Å². The fourth-order valence-electron chi connectivity index (χ4n) is 3.47. The second-order valence-electron chi connectivity index (χ2n) is 5.06. The SMILES string of the molecule is CN1C[C@@H]2CCCC[C@@H]2[C@@H]1c1nc(=S)o[nH]1. The van der Waals surface area contributed by atoms with Crippen molar-refractivity contribution in [3.8, 4) is 0 Å². The zero-order chi connectivity index (χ0) is 11.1. The van der Waals surface area contributed by atoms with Crippen molar-refractivity contribution in [2.75, 3.05) is 13.6 Å². The Kier molecular flexibility index (Phi) is 2.59. The molecule has 0 radical (unpaired) electrons. The van der Waals surface area contributed by atoms with Gasteiger partial charge in [-0.3, -0.25) is 4.90 Å². The Balaban J connectivity index is 1.91. The van der Waals surface area contributed by atoms with Crippen LogP contribution in [0.4, 0.5) is 0 Å². The minimum absolute atomic E-state index is 0.322. The lowest BCUT2D eigenvalue weighted by atomic mass is 9.78. The minimum Gasteiger partial charge on any atom is -0.348 e. The van der Waals surface area contributed by atoms with Crippen molar-refractivity contribution in [2.45, 2.75) is 31.7 Å². The normalized spacial score (nSPS) is 35.2. The molecule has 1 aromatic rings. The van der Waals surface area contributed by atoms with Crippen LogP contribution in [0.15, 0.2) is 4.52 Å². The summed E-state index contributed by atoms with van der Waals surface area (Å²) in [6.07, 6.45) is 5.41. The summed E-state index contributed by atoms with van der Waals surface area (Å²) < 4.78 is 5.06. The van der Waals surface area contributed by atoms with Gasteiger partial charge in [0.2, 0.25) is 0 Å². The van der Waals surface area contributed by atoms with Gasteiger partial charge in [-0.05, 0) is 43.9 Å². The molecule has 1 N–H and O–H groups in total. The van der Waals surface area contributed by atoms with Crippen LogP contribution in [-0.2, 0) is 0 Å². The van der Waals surface area contributed by atoms with E-state index in [1.165, 1.54) is 32.2 Å². The van der Waals surface area contributed by atoms with Crippen LogP contribution in [-0.4, -0.2) is 28.6 Å². The molecule has 0 spiro atoms. The van der Waals surface area contributed by atoms with Gasteiger partial charge in [0.25, 0.3) is 0 Å². The van der Waals surface area contributed by atoms with Crippen LogP contribution < -0.4 is 0 Å². The molecule has 1 aromatic heterocycles. The topological polar surface area (TPSA) is 45.1 Å². The maximum absolute atomic E-state index is 5.06. The predicted octanol–water partition coefficient (Wildman–Crippen LogP) is 2.53. The number of likely N-dealkylation sites (tertiary alicyclic amines) is 1. The van der Waals surface area contributed by atoms with E-state index in [9.17, 15) is 0 Å². The van der Waals surface area contributed by atoms with Crippen LogP contribution in [0, 0.1) is 16.7 Å². The second-order valence-corrected chi connectivity index (χ2v) is 5.41. The van der Waals surface area contributed by atoms with Gasteiger partial charge < -0.3 is 4.52 Å². The molecule has 16 heavy (non-hydrogen) atoms. The van der Waals surface area contributed by atoms with Crippen LogP contribution in [0.3, 0.4) is 0 Å². The van der Waals surface area contributed by atoms with E-state index in [1.54, 1.807) is 0 Å². The van der Waals surface area contributed by atoms with Crippen LogP contribution in [0.5, 0.6) is 0 Å². The van der Waals surface area contributed by atoms with Gasteiger partial charge in [-0.15, -0.1) is 0 Å². The molecule has 2 fully saturated rings. The zero-order valence-corrected chi connectivity index (χ0v) is 10.3. The summed E-state index contributed by atoms with van der Waals surface area (Å²) >= 11 is 4.93. The van der Waals surface area contributed by atoms with Gasteiger partial charge in [-0.2, -0.15) is 4.98 Å². The number of fused-ring (bicyclic) bond motifs is 1. The Morgan fingerprint density at radius 1 is 1.44 bits per heavy atom. The van der Waals surface area contributed by atoms with Crippen molar-refractivity contribution in [2.24, 2.45) is 11.8 Å². The summed E-state index contributed by atoms with van der Waals surface area (Å²) in [4.78, 5) is 7.00. The first-order valence-corrected chi connectivity index (χ1v) is 6.42. The van der Waals surface area contributed by atoms with E-state index in [4.69, 9.17) is 16.7 Å². The third-order valence-corrected chi connectivity index (χ3v) is 4.28. The van der Waals surface area contributed by atoms with Gasteiger partial charge in [0, 0.05) is 6.54 Å². The number of hydrogen-bond acceptors (Lipinski definition) is 4. The molecule has 0 aromatic carbocycles. The fraction of sp³-hybridized carbons (Fsp3) is 0.818. The molecule has 88 valence electrons. The number of hydrogen-bond donors (Lipinski definition) is 1. The van der Waals surface area contributed by atoms with E-state index < -0.39 is 0 Å². The van der Waals surface area contributed by atoms with Crippen LogP contribution >= 0.6 is 12.2 Å². The largest absolute Gasteiger partial charge is 0.348 e. The highest BCUT2D eigenvalue weighted by Crippen LogP contribution is 2.46. The molecule has 3 rings (SSSR count). The lowest BCUT2D eigenvalue weighted by molar-refractivity contribution is 0.224. The average Bonchev–Trinajstić information content (AvgIpc) is 2.80. The third kappa shape index (κ3) is 1.62. The molecule has 1 aliphatic carbocycles. The first kappa shape index (κ1) is 10.5. The fourth-order valence-corrected chi connectivity index (χ4v) is 3.61. The molecule has 0 bridgehead atoms. The van der Waals surface area contributed by atoms with Gasteiger partial charge in [-0.1, -0.05) is 12.8 Å². The Morgan fingerprint density at radius 3 is 3.00 bits per heavy atom. The Bertz CT molecular complexity index is 427. The Hall–Kier alpha value is -0.680. The molecule has 1 aliphatic heterocycles. The number of nitrogens with zero attached hydrogens (tertiary/aromatic N) is 2. The van der Waals surface area contributed by atoms with Gasteiger partial charge >= 0.3 is 4.84 Å². The third-order valence-electron chi connectivity index (χ3n) is 4.11. The molecule has 2 aliphatic rings. The highest BCUT2D eigenvalue weighted by atomic mass is 32.1. The van der Waals surface area contributed by atoms with E-state index in [1.807, 2.05) is 0 Å².